The minimum Gasteiger partial charge on any atom is -0.495 e. The van der Waals surface area contributed by atoms with Gasteiger partial charge in [0, 0.05) is 18.1 Å². The van der Waals surface area contributed by atoms with Crippen molar-refractivity contribution in [3.8, 4) is 5.75 Å². The normalized spacial score (nSPS) is 12.1. The fourth-order valence-electron chi connectivity index (χ4n) is 3.52. The van der Waals surface area contributed by atoms with E-state index in [1.807, 2.05) is 6.92 Å². The predicted octanol–water partition coefficient (Wildman–Crippen LogP) is 3.59. The molecular weight excluding hydrogens is 497 g/mol. The van der Waals surface area contributed by atoms with E-state index in [0.717, 1.165) is 10.6 Å². The lowest BCUT2D eigenvalue weighted by molar-refractivity contribution is -0.140. The zero-order valence-electron chi connectivity index (χ0n) is 20.3. The number of anilines is 1. The Morgan fingerprint density at radius 3 is 2.34 bits per heavy atom. The number of amides is 2. The van der Waals surface area contributed by atoms with Gasteiger partial charge in [-0.25, -0.2) is 12.8 Å². The second-order valence-corrected chi connectivity index (χ2v) is 10.3. The SMILES string of the molecule is CCCNC(=O)C(CC)N(Cc1ccc(F)cc1)C(=O)CN(c1cc(Cl)ccc1OC)S(C)(=O)=O. The molecule has 0 bridgehead atoms. The second-order valence-electron chi connectivity index (χ2n) is 7.95. The Bertz CT molecular complexity index is 1130. The van der Waals surface area contributed by atoms with Crippen molar-refractivity contribution in [2.75, 3.05) is 30.8 Å². The Balaban J connectivity index is 2.48. The Hall–Kier alpha value is -2.85. The summed E-state index contributed by atoms with van der Waals surface area (Å²) in [5.41, 5.74) is 0.689. The largest absolute Gasteiger partial charge is 0.495 e. The van der Waals surface area contributed by atoms with Gasteiger partial charge in [0.05, 0.1) is 19.1 Å². The average Bonchev–Trinajstić information content (AvgIpc) is 2.81. The van der Waals surface area contributed by atoms with Gasteiger partial charge in [-0.15, -0.1) is 0 Å². The van der Waals surface area contributed by atoms with Crippen molar-refractivity contribution in [3.63, 3.8) is 0 Å². The summed E-state index contributed by atoms with van der Waals surface area (Å²) in [6, 6.07) is 9.13. The van der Waals surface area contributed by atoms with Gasteiger partial charge in [-0.1, -0.05) is 37.6 Å². The fraction of sp³-hybridized carbons (Fsp3) is 0.417. The van der Waals surface area contributed by atoms with E-state index in [0.29, 0.717) is 24.9 Å². The number of methoxy groups -OCH3 is 1. The summed E-state index contributed by atoms with van der Waals surface area (Å²) in [6.07, 6.45) is 1.97. The zero-order chi connectivity index (χ0) is 26.2. The minimum atomic E-state index is -3.94. The van der Waals surface area contributed by atoms with E-state index >= 15 is 0 Å². The first kappa shape index (κ1) is 28.4. The number of rotatable bonds is 12. The molecule has 1 atom stereocenters. The lowest BCUT2D eigenvalue weighted by Crippen LogP contribution is -2.52. The molecule has 0 spiro atoms. The number of benzene rings is 2. The van der Waals surface area contributed by atoms with Crippen LogP contribution in [-0.4, -0.2) is 57.6 Å². The molecule has 0 aliphatic heterocycles. The van der Waals surface area contributed by atoms with Gasteiger partial charge in [0.1, 0.15) is 24.2 Å². The van der Waals surface area contributed by atoms with E-state index < -0.39 is 34.3 Å². The number of ether oxygens (including phenoxy) is 1. The van der Waals surface area contributed by atoms with Crippen molar-refractivity contribution in [1.29, 1.82) is 0 Å². The summed E-state index contributed by atoms with van der Waals surface area (Å²) in [6.45, 7) is 3.50. The molecule has 2 aromatic carbocycles. The van der Waals surface area contributed by atoms with Crippen LogP contribution in [0.15, 0.2) is 42.5 Å². The molecule has 1 unspecified atom stereocenters. The monoisotopic (exact) mass is 527 g/mol. The number of sulfonamides is 1. The Morgan fingerprint density at radius 2 is 1.80 bits per heavy atom. The van der Waals surface area contributed by atoms with Gasteiger partial charge in [-0.2, -0.15) is 0 Å². The Labute approximate surface area is 211 Å². The summed E-state index contributed by atoms with van der Waals surface area (Å²) in [4.78, 5) is 27.8. The number of hydrogen-bond donors (Lipinski definition) is 1. The highest BCUT2D eigenvalue weighted by Gasteiger charge is 2.32. The highest BCUT2D eigenvalue weighted by Crippen LogP contribution is 2.33. The van der Waals surface area contributed by atoms with Crippen LogP contribution in [0.5, 0.6) is 5.75 Å². The van der Waals surface area contributed by atoms with Crippen LogP contribution in [0, 0.1) is 5.82 Å². The van der Waals surface area contributed by atoms with Crippen LogP contribution in [-0.2, 0) is 26.2 Å². The fourth-order valence-corrected chi connectivity index (χ4v) is 4.54. The molecule has 192 valence electrons. The van der Waals surface area contributed by atoms with Crippen LogP contribution in [0.1, 0.15) is 32.3 Å². The molecule has 0 saturated carbocycles. The maximum absolute atomic E-state index is 13.6. The molecule has 2 rings (SSSR count). The predicted molar refractivity (Wildman–Crippen MR) is 135 cm³/mol. The highest BCUT2D eigenvalue weighted by atomic mass is 35.5. The van der Waals surface area contributed by atoms with Crippen molar-refractivity contribution < 1.29 is 27.1 Å². The smallest absolute Gasteiger partial charge is 0.244 e. The van der Waals surface area contributed by atoms with Gasteiger partial charge in [0.2, 0.25) is 21.8 Å². The molecule has 0 fully saturated rings. The first-order valence-electron chi connectivity index (χ1n) is 11.1. The third-order valence-corrected chi connectivity index (χ3v) is 6.65. The summed E-state index contributed by atoms with van der Waals surface area (Å²) < 4.78 is 45.0. The molecule has 2 aromatic rings. The number of carbonyl (C=O) groups is 2. The van der Waals surface area contributed by atoms with Crippen molar-refractivity contribution in [1.82, 2.24) is 10.2 Å². The van der Waals surface area contributed by atoms with Crippen LogP contribution in [0.3, 0.4) is 0 Å². The van der Waals surface area contributed by atoms with Crippen molar-refractivity contribution in [2.24, 2.45) is 0 Å². The molecule has 0 heterocycles. The van der Waals surface area contributed by atoms with Gasteiger partial charge in [-0.05, 0) is 48.7 Å². The summed E-state index contributed by atoms with van der Waals surface area (Å²) >= 11 is 6.09. The minimum absolute atomic E-state index is 0.0125. The standard InChI is InChI=1S/C24H31ClFN3O5S/c1-5-13-27-24(31)20(6-2)28(15-17-7-10-19(26)11-8-17)23(30)16-29(35(4,32)33)21-14-18(25)9-12-22(21)34-3/h7-12,14,20H,5-6,13,15-16H2,1-4H3,(H,27,31). The third-order valence-electron chi connectivity index (χ3n) is 5.29. The van der Waals surface area contributed by atoms with E-state index in [4.69, 9.17) is 16.3 Å². The zero-order valence-corrected chi connectivity index (χ0v) is 21.8. The quantitative estimate of drug-likeness (QED) is 0.455. The van der Waals surface area contributed by atoms with Gasteiger partial charge < -0.3 is 15.0 Å². The number of nitrogens with one attached hydrogen (secondary N) is 1. The third kappa shape index (κ3) is 7.83. The summed E-state index contributed by atoms with van der Waals surface area (Å²) in [5, 5.41) is 3.05. The van der Waals surface area contributed by atoms with Gasteiger partial charge in [0.25, 0.3) is 0 Å². The van der Waals surface area contributed by atoms with Gasteiger partial charge in [-0.3, -0.25) is 13.9 Å². The van der Waals surface area contributed by atoms with E-state index in [1.54, 1.807) is 6.92 Å². The Morgan fingerprint density at radius 1 is 1.14 bits per heavy atom. The van der Waals surface area contributed by atoms with E-state index in [1.165, 1.54) is 54.5 Å². The number of halogens is 2. The molecule has 11 heteroatoms. The maximum Gasteiger partial charge on any atom is 0.244 e. The molecule has 1 N–H and O–H groups in total. The van der Waals surface area contributed by atoms with Gasteiger partial charge in [0.15, 0.2) is 0 Å². The Kier molecular flexibility index (Phi) is 10.3. The van der Waals surface area contributed by atoms with Crippen molar-refractivity contribution >= 4 is 39.1 Å². The van der Waals surface area contributed by atoms with E-state index in [-0.39, 0.29) is 28.9 Å². The summed E-state index contributed by atoms with van der Waals surface area (Å²) in [5.74, 6) is -1.18. The van der Waals surface area contributed by atoms with Crippen LogP contribution in [0.2, 0.25) is 5.02 Å². The molecule has 0 aliphatic carbocycles. The molecular formula is C24H31ClFN3O5S. The maximum atomic E-state index is 13.6. The first-order chi connectivity index (χ1) is 16.5. The lowest BCUT2D eigenvalue weighted by Gasteiger charge is -2.33. The molecule has 0 aromatic heterocycles. The second kappa shape index (κ2) is 12.7. The van der Waals surface area contributed by atoms with Crippen LogP contribution < -0.4 is 14.4 Å². The number of carbonyl (C=O) groups excluding carboxylic acids is 2. The van der Waals surface area contributed by atoms with E-state index in [2.05, 4.69) is 5.32 Å². The number of hydrogen-bond acceptors (Lipinski definition) is 5. The molecule has 35 heavy (non-hydrogen) atoms. The van der Waals surface area contributed by atoms with Crippen LogP contribution in [0.25, 0.3) is 0 Å². The lowest BCUT2D eigenvalue weighted by atomic mass is 10.1. The highest BCUT2D eigenvalue weighted by molar-refractivity contribution is 7.92. The molecule has 8 nitrogen and oxygen atoms in total. The van der Waals surface area contributed by atoms with Crippen molar-refractivity contribution in [3.05, 3.63) is 58.9 Å². The molecule has 0 saturated heterocycles. The molecule has 0 radical (unpaired) electrons. The summed E-state index contributed by atoms with van der Waals surface area (Å²) in [7, 11) is -2.57. The molecule has 0 aliphatic rings. The van der Waals surface area contributed by atoms with Crippen molar-refractivity contribution in [2.45, 2.75) is 39.3 Å². The number of nitrogens with zero attached hydrogens (tertiary/aromatic N) is 2. The van der Waals surface area contributed by atoms with Crippen LogP contribution >= 0.6 is 11.6 Å². The van der Waals surface area contributed by atoms with E-state index in [9.17, 15) is 22.4 Å². The van der Waals surface area contributed by atoms with Gasteiger partial charge >= 0.3 is 0 Å². The first-order valence-corrected chi connectivity index (χ1v) is 13.4. The van der Waals surface area contributed by atoms with Crippen LogP contribution in [0.4, 0.5) is 10.1 Å². The average molecular weight is 528 g/mol. The topological polar surface area (TPSA) is 96.0 Å². The molecule has 2 amide bonds.